The summed E-state index contributed by atoms with van der Waals surface area (Å²) in [5.41, 5.74) is 0. The molecule has 7 heteroatoms. The van der Waals surface area contributed by atoms with Crippen molar-refractivity contribution >= 4 is 17.6 Å². The molecule has 0 aliphatic heterocycles. The van der Waals surface area contributed by atoms with E-state index >= 15 is 0 Å². The molecule has 1 saturated carbocycles. The van der Waals surface area contributed by atoms with Crippen molar-refractivity contribution in [2.75, 3.05) is 26.4 Å². The number of carbonyl (C=O) groups excluding carboxylic acids is 3. The van der Waals surface area contributed by atoms with E-state index in [0.29, 0.717) is 32.8 Å². The normalized spacial score (nSPS) is 19.7. The van der Waals surface area contributed by atoms with Crippen LogP contribution in [0, 0.1) is 5.92 Å². The quantitative estimate of drug-likeness (QED) is 0.512. The van der Waals surface area contributed by atoms with Crippen LogP contribution < -0.4 is 10.6 Å². The van der Waals surface area contributed by atoms with E-state index in [-0.39, 0.29) is 42.1 Å². The monoisotopic (exact) mass is 342 g/mol. The van der Waals surface area contributed by atoms with Gasteiger partial charge in [-0.05, 0) is 33.6 Å². The molecule has 7 nitrogen and oxygen atoms in total. The smallest absolute Gasteiger partial charge is 0.222 e. The highest BCUT2D eigenvalue weighted by Gasteiger charge is 2.32. The number of amides is 2. The van der Waals surface area contributed by atoms with Crippen molar-refractivity contribution in [1.29, 1.82) is 0 Å². The highest BCUT2D eigenvalue weighted by Crippen LogP contribution is 2.27. The Hall–Kier alpha value is -1.47. The van der Waals surface area contributed by atoms with Gasteiger partial charge in [-0.2, -0.15) is 0 Å². The third kappa shape index (κ3) is 8.98. The fourth-order valence-electron chi connectivity index (χ4n) is 2.37. The molecule has 1 aliphatic rings. The van der Waals surface area contributed by atoms with Gasteiger partial charge in [-0.1, -0.05) is 0 Å². The average molecular weight is 342 g/mol. The van der Waals surface area contributed by atoms with Gasteiger partial charge in [0.15, 0.2) is 0 Å². The minimum atomic E-state index is -0.0676. The third-order valence-corrected chi connectivity index (χ3v) is 3.90. The zero-order valence-electron chi connectivity index (χ0n) is 14.9. The predicted molar refractivity (Wildman–Crippen MR) is 89.5 cm³/mol. The zero-order valence-corrected chi connectivity index (χ0v) is 14.9. The van der Waals surface area contributed by atoms with Crippen LogP contribution in [0.2, 0.25) is 0 Å². The molecule has 0 bridgehead atoms. The van der Waals surface area contributed by atoms with Crippen molar-refractivity contribution in [3.63, 3.8) is 0 Å². The number of carbonyl (C=O) groups is 3. The van der Waals surface area contributed by atoms with Crippen LogP contribution in [0.4, 0.5) is 0 Å². The van der Waals surface area contributed by atoms with Crippen LogP contribution in [-0.2, 0) is 23.9 Å². The van der Waals surface area contributed by atoms with Crippen molar-refractivity contribution < 1.29 is 23.9 Å². The van der Waals surface area contributed by atoms with E-state index in [0.717, 1.165) is 12.8 Å². The summed E-state index contributed by atoms with van der Waals surface area (Å²) in [7, 11) is 0. The number of ketones is 1. The van der Waals surface area contributed by atoms with E-state index in [1.165, 1.54) is 0 Å². The number of hydrogen-bond donors (Lipinski definition) is 2. The van der Waals surface area contributed by atoms with E-state index in [2.05, 4.69) is 10.6 Å². The first-order chi connectivity index (χ1) is 11.4. The minimum absolute atomic E-state index is 0.0585. The molecule has 138 valence electrons. The Morgan fingerprint density at radius 1 is 1.04 bits per heavy atom. The molecule has 0 atom stereocenters. The van der Waals surface area contributed by atoms with Gasteiger partial charge in [-0.25, -0.2) is 0 Å². The predicted octanol–water partition coefficient (Wildman–Crippen LogP) is 0.808. The largest absolute Gasteiger partial charge is 0.379 e. The minimum Gasteiger partial charge on any atom is -0.379 e. The lowest BCUT2D eigenvalue weighted by atomic mass is 9.78. The van der Waals surface area contributed by atoms with Gasteiger partial charge in [0.05, 0.1) is 25.9 Å². The van der Waals surface area contributed by atoms with Crippen LogP contribution in [0.15, 0.2) is 0 Å². The second-order valence-electron chi connectivity index (χ2n) is 6.43. The van der Waals surface area contributed by atoms with Crippen LogP contribution in [0.3, 0.4) is 0 Å². The molecule has 2 N–H and O–H groups in total. The van der Waals surface area contributed by atoms with Crippen LogP contribution >= 0.6 is 0 Å². The highest BCUT2D eigenvalue weighted by atomic mass is 16.5. The molecule has 1 fully saturated rings. The maximum absolute atomic E-state index is 11.7. The van der Waals surface area contributed by atoms with Crippen LogP contribution in [0.25, 0.3) is 0 Å². The fraction of sp³-hybridized carbons (Fsp3) is 0.824. The van der Waals surface area contributed by atoms with Crippen molar-refractivity contribution in [3.05, 3.63) is 0 Å². The molecule has 0 aromatic heterocycles. The Morgan fingerprint density at radius 3 is 2.33 bits per heavy atom. The molecular weight excluding hydrogens is 312 g/mol. The molecule has 1 aliphatic carbocycles. The van der Waals surface area contributed by atoms with Gasteiger partial charge in [-0.3, -0.25) is 14.4 Å². The fourth-order valence-corrected chi connectivity index (χ4v) is 2.37. The van der Waals surface area contributed by atoms with Crippen molar-refractivity contribution in [1.82, 2.24) is 10.6 Å². The summed E-state index contributed by atoms with van der Waals surface area (Å²) in [6.45, 7) is 6.97. The molecule has 2 amide bonds. The van der Waals surface area contributed by atoms with Gasteiger partial charge in [0.2, 0.25) is 11.8 Å². The SMILES string of the molecule is CC(=O)[C@H]1C[C@@H](NC(=O)CCOCCNC(=O)CCOC(C)C)C1. The van der Waals surface area contributed by atoms with E-state index in [4.69, 9.17) is 9.47 Å². The first-order valence-electron chi connectivity index (χ1n) is 8.64. The summed E-state index contributed by atoms with van der Waals surface area (Å²) in [5.74, 6) is 0.182. The van der Waals surface area contributed by atoms with E-state index in [1.807, 2.05) is 13.8 Å². The maximum Gasteiger partial charge on any atom is 0.222 e. The molecule has 0 heterocycles. The summed E-state index contributed by atoms with van der Waals surface area (Å²) in [5, 5.41) is 5.62. The Bertz CT molecular complexity index is 419. The number of rotatable bonds is 12. The van der Waals surface area contributed by atoms with Crippen molar-refractivity contribution in [2.24, 2.45) is 5.92 Å². The third-order valence-electron chi connectivity index (χ3n) is 3.90. The highest BCUT2D eigenvalue weighted by molar-refractivity contribution is 5.80. The first-order valence-corrected chi connectivity index (χ1v) is 8.64. The van der Waals surface area contributed by atoms with Gasteiger partial charge < -0.3 is 20.1 Å². The maximum atomic E-state index is 11.7. The van der Waals surface area contributed by atoms with Crippen LogP contribution in [0.5, 0.6) is 0 Å². The Balaban J connectivity index is 1.90. The molecule has 0 aromatic rings. The lowest BCUT2D eigenvalue weighted by molar-refractivity contribution is -0.128. The average Bonchev–Trinajstić information content (AvgIpc) is 2.45. The van der Waals surface area contributed by atoms with Crippen molar-refractivity contribution in [2.45, 2.75) is 58.6 Å². The van der Waals surface area contributed by atoms with Crippen LogP contribution in [0.1, 0.15) is 46.5 Å². The van der Waals surface area contributed by atoms with Gasteiger partial charge >= 0.3 is 0 Å². The van der Waals surface area contributed by atoms with E-state index < -0.39 is 0 Å². The second-order valence-corrected chi connectivity index (χ2v) is 6.43. The zero-order chi connectivity index (χ0) is 17.9. The Labute approximate surface area is 143 Å². The number of nitrogens with one attached hydrogen (secondary N) is 2. The van der Waals surface area contributed by atoms with Crippen LogP contribution in [-0.4, -0.2) is 56.1 Å². The summed E-state index contributed by atoms with van der Waals surface area (Å²) in [4.78, 5) is 34.2. The van der Waals surface area contributed by atoms with Gasteiger partial charge in [-0.15, -0.1) is 0 Å². The lowest BCUT2D eigenvalue weighted by Crippen LogP contribution is -2.46. The number of hydrogen-bond acceptors (Lipinski definition) is 5. The molecule has 0 aromatic carbocycles. The molecular formula is C17H30N2O5. The van der Waals surface area contributed by atoms with E-state index in [1.54, 1.807) is 6.92 Å². The second kappa shape index (κ2) is 11.1. The topological polar surface area (TPSA) is 93.7 Å². The molecule has 1 rings (SSSR count). The van der Waals surface area contributed by atoms with E-state index in [9.17, 15) is 14.4 Å². The Morgan fingerprint density at radius 2 is 1.71 bits per heavy atom. The van der Waals surface area contributed by atoms with Gasteiger partial charge in [0.25, 0.3) is 0 Å². The molecule has 0 radical (unpaired) electrons. The molecule has 24 heavy (non-hydrogen) atoms. The summed E-state index contributed by atoms with van der Waals surface area (Å²) < 4.78 is 10.6. The number of Topliss-reactive ketones (excluding diaryl/α,β-unsaturated/α-hetero) is 1. The Kier molecular flexibility index (Phi) is 9.56. The molecule has 0 unspecified atom stereocenters. The van der Waals surface area contributed by atoms with Crippen molar-refractivity contribution in [3.8, 4) is 0 Å². The van der Waals surface area contributed by atoms with Gasteiger partial charge in [0, 0.05) is 31.3 Å². The lowest BCUT2D eigenvalue weighted by Gasteiger charge is -2.34. The molecule has 0 saturated heterocycles. The summed E-state index contributed by atoms with van der Waals surface area (Å²) >= 11 is 0. The molecule has 0 spiro atoms. The summed E-state index contributed by atoms with van der Waals surface area (Å²) in [6.07, 6.45) is 2.24. The van der Waals surface area contributed by atoms with Gasteiger partial charge in [0.1, 0.15) is 5.78 Å². The summed E-state index contributed by atoms with van der Waals surface area (Å²) in [6, 6.07) is 0.124. The standard InChI is InChI=1S/C17H30N2O5/c1-12(2)24-8-5-16(21)18-6-9-23-7-4-17(22)19-15-10-14(11-15)13(3)20/h12,14-15H,4-11H2,1-3H3,(H,18,21)(H,19,22)/t14-,15+. The number of ether oxygens (including phenoxy) is 2. The first kappa shape index (κ1) is 20.6.